The first-order valence-corrected chi connectivity index (χ1v) is 7.25. The second-order valence-electron chi connectivity index (χ2n) is 6.02. The van der Waals surface area contributed by atoms with E-state index in [4.69, 9.17) is 15.2 Å². The molecular formula is C15H20N2O4. The van der Waals surface area contributed by atoms with Crippen molar-refractivity contribution in [2.75, 3.05) is 13.7 Å². The van der Waals surface area contributed by atoms with E-state index in [0.717, 1.165) is 24.8 Å². The summed E-state index contributed by atoms with van der Waals surface area (Å²) in [5, 5.41) is 11.0. The third kappa shape index (κ3) is 2.38. The molecule has 2 aliphatic rings. The lowest BCUT2D eigenvalue weighted by Crippen LogP contribution is -2.41. The molecular weight excluding hydrogens is 272 g/mol. The second-order valence-corrected chi connectivity index (χ2v) is 6.02. The van der Waals surface area contributed by atoms with Crippen LogP contribution >= 0.6 is 0 Å². The van der Waals surface area contributed by atoms with Gasteiger partial charge in [-0.05, 0) is 31.7 Å². The number of non-ortho nitro benzene ring substituents is 1. The Morgan fingerprint density at radius 1 is 1.52 bits per heavy atom. The normalized spacial score (nSPS) is 30.6. The van der Waals surface area contributed by atoms with Crippen LogP contribution in [0, 0.1) is 15.5 Å². The first-order chi connectivity index (χ1) is 10.1. The standard InChI is InChI=1S/C15H20N2O4/c1-20-13-4-2-11(17(18)19)6-10(13)7-15(9-16)8-12-3-5-14(15)21-12/h2,4,6,12,14H,3,5,7-9,16H2,1H3. The molecule has 2 aliphatic heterocycles. The fourth-order valence-corrected chi connectivity index (χ4v) is 3.76. The van der Waals surface area contributed by atoms with Crippen molar-refractivity contribution in [2.45, 2.75) is 37.9 Å². The molecule has 0 aromatic heterocycles. The van der Waals surface area contributed by atoms with Crippen LogP contribution in [0.2, 0.25) is 0 Å². The number of hydrogen-bond acceptors (Lipinski definition) is 5. The van der Waals surface area contributed by atoms with Crippen LogP contribution in [0.5, 0.6) is 5.75 Å². The fourth-order valence-electron chi connectivity index (χ4n) is 3.76. The summed E-state index contributed by atoms with van der Waals surface area (Å²) in [5.41, 5.74) is 6.84. The molecule has 21 heavy (non-hydrogen) atoms. The lowest BCUT2D eigenvalue weighted by molar-refractivity contribution is -0.384. The number of nitro benzene ring substituents is 1. The maximum Gasteiger partial charge on any atom is 0.269 e. The Labute approximate surface area is 123 Å². The zero-order valence-electron chi connectivity index (χ0n) is 12.1. The molecule has 2 fully saturated rings. The first kappa shape index (κ1) is 14.3. The highest BCUT2D eigenvalue weighted by Gasteiger charge is 2.51. The summed E-state index contributed by atoms with van der Waals surface area (Å²) in [6.45, 7) is 0.528. The van der Waals surface area contributed by atoms with Crippen molar-refractivity contribution in [1.29, 1.82) is 0 Å². The van der Waals surface area contributed by atoms with Gasteiger partial charge in [0.25, 0.3) is 5.69 Å². The van der Waals surface area contributed by atoms with Gasteiger partial charge in [0.05, 0.1) is 24.2 Å². The van der Waals surface area contributed by atoms with Crippen LogP contribution in [0.15, 0.2) is 18.2 Å². The highest BCUT2D eigenvalue weighted by atomic mass is 16.6. The molecule has 2 N–H and O–H groups in total. The molecule has 2 bridgehead atoms. The molecule has 2 saturated heterocycles. The number of nitrogens with two attached hydrogens (primary N) is 1. The SMILES string of the molecule is COc1ccc([N+](=O)[O-])cc1CC1(CN)CC2CCC1O2. The lowest BCUT2D eigenvalue weighted by Gasteiger charge is -2.34. The van der Waals surface area contributed by atoms with Crippen molar-refractivity contribution in [3.8, 4) is 5.75 Å². The van der Waals surface area contributed by atoms with E-state index in [-0.39, 0.29) is 22.1 Å². The Balaban J connectivity index is 1.92. The molecule has 1 aromatic carbocycles. The van der Waals surface area contributed by atoms with Gasteiger partial charge in [-0.15, -0.1) is 0 Å². The van der Waals surface area contributed by atoms with Crippen molar-refractivity contribution < 1.29 is 14.4 Å². The molecule has 3 atom stereocenters. The van der Waals surface area contributed by atoms with Gasteiger partial charge in [-0.3, -0.25) is 10.1 Å². The van der Waals surface area contributed by atoms with E-state index in [9.17, 15) is 10.1 Å². The van der Waals surface area contributed by atoms with Gasteiger partial charge in [0.2, 0.25) is 0 Å². The zero-order valence-corrected chi connectivity index (χ0v) is 12.1. The fraction of sp³-hybridized carbons (Fsp3) is 0.600. The summed E-state index contributed by atoms with van der Waals surface area (Å²) >= 11 is 0. The van der Waals surface area contributed by atoms with Crippen molar-refractivity contribution in [1.82, 2.24) is 0 Å². The van der Waals surface area contributed by atoms with E-state index in [2.05, 4.69) is 0 Å². The molecule has 2 heterocycles. The predicted molar refractivity (Wildman–Crippen MR) is 77.4 cm³/mol. The van der Waals surface area contributed by atoms with Crippen molar-refractivity contribution >= 4 is 5.69 Å². The molecule has 0 saturated carbocycles. The van der Waals surface area contributed by atoms with E-state index in [1.807, 2.05) is 0 Å². The van der Waals surface area contributed by atoms with Gasteiger partial charge < -0.3 is 15.2 Å². The van der Waals surface area contributed by atoms with Crippen molar-refractivity contribution in [2.24, 2.45) is 11.1 Å². The number of nitrogens with zero attached hydrogens (tertiary/aromatic N) is 1. The minimum atomic E-state index is -0.380. The highest BCUT2D eigenvalue weighted by molar-refractivity contribution is 5.44. The Morgan fingerprint density at radius 3 is 2.86 bits per heavy atom. The molecule has 114 valence electrons. The van der Waals surface area contributed by atoms with Crippen LogP contribution in [0.25, 0.3) is 0 Å². The van der Waals surface area contributed by atoms with Crippen LogP contribution in [-0.2, 0) is 11.2 Å². The van der Waals surface area contributed by atoms with Crippen molar-refractivity contribution in [3.63, 3.8) is 0 Å². The molecule has 3 rings (SSSR count). The molecule has 3 unspecified atom stereocenters. The number of rotatable bonds is 5. The van der Waals surface area contributed by atoms with Gasteiger partial charge in [-0.1, -0.05) is 0 Å². The summed E-state index contributed by atoms with van der Waals surface area (Å²) < 4.78 is 11.3. The summed E-state index contributed by atoms with van der Waals surface area (Å²) in [6.07, 6.45) is 4.17. The number of ether oxygens (including phenoxy) is 2. The number of benzene rings is 1. The van der Waals surface area contributed by atoms with Gasteiger partial charge in [0.1, 0.15) is 5.75 Å². The van der Waals surface area contributed by atoms with Gasteiger partial charge in [-0.25, -0.2) is 0 Å². The van der Waals surface area contributed by atoms with Crippen LogP contribution < -0.4 is 10.5 Å². The van der Waals surface area contributed by atoms with E-state index in [0.29, 0.717) is 24.8 Å². The molecule has 6 heteroatoms. The number of methoxy groups -OCH3 is 1. The van der Waals surface area contributed by atoms with E-state index >= 15 is 0 Å². The van der Waals surface area contributed by atoms with E-state index < -0.39 is 0 Å². The minimum Gasteiger partial charge on any atom is -0.496 e. The Morgan fingerprint density at radius 2 is 2.33 bits per heavy atom. The maximum atomic E-state index is 11.0. The lowest BCUT2D eigenvalue weighted by atomic mass is 9.70. The molecule has 0 amide bonds. The third-order valence-corrected chi connectivity index (χ3v) is 4.85. The summed E-state index contributed by atoms with van der Waals surface area (Å²) in [5.74, 6) is 0.677. The van der Waals surface area contributed by atoms with E-state index in [1.54, 1.807) is 19.2 Å². The second kappa shape index (κ2) is 5.27. The summed E-state index contributed by atoms with van der Waals surface area (Å²) in [7, 11) is 1.58. The average molecular weight is 292 g/mol. The summed E-state index contributed by atoms with van der Waals surface area (Å²) in [4.78, 5) is 10.6. The average Bonchev–Trinajstić information content (AvgIpc) is 3.08. The molecule has 1 aromatic rings. The monoisotopic (exact) mass is 292 g/mol. The quantitative estimate of drug-likeness (QED) is 0.663. The highest BCUT2D eigenvalue weighted by Crippen LogP contribution is 2.49. The van der Waals surface area contributed by atoms with Gasteiger partial charge >= 0.3 is 0 Å². The van der Waals surface area contributed by atoms with Gasteiger partial charge in [-0.2, -0.15) is 0 Å². The molecule has 0 spiro atoms. The minimum absolute atomic E-state index is 0.0852. The molecule has 0 aliphatic carbocycles. The predicted octanol–water partition coefficient (Wildman–Crippen LogP) is 2.04. The number of fused-ring (bicyclic) bond motifs is 2. The van der Waals surface area contributed by atoms with Crippen LogP contribution in [0.1, 0.15) is 24.8 Å². The van der Waals surface area contributed by atoms with E-state index in [1.165, 1.54) is 6.07 Å². The Kier molecular flexibility index (Phi) is 3.59. The van der Waals surface area contributed by atoms with Crippen LogP contribution in [-0.4, -0.2) is 30.8 Å². The van der Waals surface area contributed by atoms with Gasteiger partial charge in [0, 0.05) is 29.7 Å². The third-order valence-electron chi connectivity index (χ3n) is 4.85. The smallest absolute Gasteiger partial charge is 0.269 e. The van der Waals surface area contributed by atoms with Gasteiger partial charge in [0.15, 0.2) is 0 Å². The maximum absolute atomic E-state index is 11.0. The van der Waals surface area contributed by atoms with Crippen molar-refractivity contribution in [3.05, 3.63) is 33.9 Å². The first-order valence-electron chi connectivity index (χ1n) is 7.25. The number of nitro groups is 1. The Bertz CT molecular complexity index is 563. The largest absolute Gasteiger partial charge is 0.496 e. The van der Waals surface area contributed by atoms with Crippen LogP contribution in [0.3, 0.4) is 0 Å². The summed E-state index contributed by atoms with van der Waals surface area (Å²) in [6, 6.07) is 4.72. The number of hydrogen-bond donors (Lipinski definition) is 1. The molecule has 0 radical (unpaired) electrons. The zero-order chi connectivity index (χ0) is 15.0. The van der Waals surface area contributed by atoms with Crippen LogP contribution in [0.4, 0.5) is 5.69 Å². The molecule has 6 nitrogen and oxygen atoms in total. The Hall–Kier alpha value is -1.66. The topological polar surface area (TPSA) is 87.6 Å².